The molecule has 1 aromatic heterocycles. The summed E-state index contributed by atoms with van der Waals surface area (Å²) in [7, 11) is 0. The first kappa shape index (κ1) is 21.1. The number of carbonyl (C=O) groups excluding carboxylic acids is 1. The Labute approximate surface area is 180 Å². The van der Waals surface area contributed by atoms with E-state index >= 15 is 0 Å². The molecular weight excluding hydrogens is 397 g/mol. The molecule has 2 N–H and O–H groups in total. The van der Waals surface area contributed by atoms with Gasteiger partial charge in [-0.2, -0.15) is 0 Å². The van der Waals surface area contributed by atoms with Crippen molar-refractivity contribution in [3.05, 3.63) is 77.6 Å². The molecule has 1 saturated heterocycles. The van der Waals surface area contributed by atoms with Crippen LogP contribution in [0.4, 0.5) is 4.39 Å². The van der Waals surface area contributed by atoms with E-state index in [1.807, 2.05) is 48.0 Å². The highest BCUT2D eigenvalue weighted by atomic mass is 19.1. The number of hydrogen-bond donors (Lipinski definition) is 1. The molecule has 1 aliphatic rings. The summed E-state index contributed by atoms with van der Waals surface area (Å²) in [5.74, 6) is 0.546. The molecule has 1 aliphatic heterocycles. The summed E-state index contributed by atoms with van der Waals surface area (Å²) in [5.41, 5.74) is 7.69. The molecule has 162 valence electrons. The summed E-state index contributed by atoms with van der Waals surface area (Å²) in [5, 5.41) is 0. The van der Waals surface area contributed by atoms with Crippen molar-refractivity contribution < 1.29 is 18.7 Å². The highest BCUT2D eigenvalue weighted by molar-refractivity contribution is 5.75. The molecule has 1 fully saturated rings. The lowest BCUT2D eigenvalue weighted by Gasteiger charge is -2.37. The molecule has 31 heavy (non-hydrogen) atoms. The number of nitrogens with two attached hydrogens (primary N) is 1. The molecular formula is C24H26FN3O3. The van der Waals surface area contributed by atoms with Gasteiger partial charge in [0.25, 0.3) is 0 Å². The van der Waals surface area contributed by atoms with Gasteiger partial charge in [-0.05, 0) is 55.2 Å². The van der Waals surface area contributed by atoms with E-state index in [4.69, 9.17) is 15.2 Å². The molecule has 0 saturated carbocycles. The Morgan fingerprint density at radius 1 is 1.23 bits per heavy atom. The number of rotatable bonds is 7. The molecule has 1 amide bonds. The van der Waals surface area contributed by atoms with Crippen LogP contribution in [0.1, 0.15) is 36.2 Å². The summed E-state index contributed by atoms with van der Waals surface area (Å²) in [4.78, 5) is 15.9. The van der Waals surface area contributed by atoms with E-state index in [0.29, 0.717) is 38.4 Å². The van der Waals surface area contributed by atoms with E-state index in [-0.39, 0.29) is 6.42 Å². The van der Waals surface area contributed by atoms with Crippen LogP contribution in [0.2, 0.25) is 0 Å². The van der Waals surface area contributed by atoms with Crippen LogP contribution in [-0.2, 0) is 21.6 Å². The van der Waals surface area contributed by atoms with Gasteiger partial charge in [-0.25, -0.2) is 9.37 Å². The molecule has 0 bridgehead atoms. The Morgan fingerprint density at radius 3 is 2.61 bits per heavy atom. The maximum Gasteiger partial charge on any atom is 0.218 e. The van der Waals surface area contributed by atoms with Gasteiger partial charge in [0.1, 0.15) is 24.0 Å². The number of nitrogens with zero attached hydrogens (tertiary/aromatic N) is 2. The number of primary amides is 1. The zero-order chi connectivity index (χ0) is 21.8. The van der Waals surface area contributed by atoms with Crippen LogP contribution in [0.15, 0.2) is 54.9 Å². The lowest BCUT2D eigenvalue weighted by molar-refractivity contribution is -0.120. The molecule has 0 radical (unpaired) electrons. The van der Waals surface area contributed by atoms with Gasteiger partial charge in [0.05, 0.1) is 0 Å². The van der Waals surface area contributed by atoms with Crippen LogP contribution in [-0.4, -0.2) is 28.7 Å². The van der Waals surface area contributed by atoms with Gasteiger partial charge in [-0.3, -0.25) is 4.79 Å². The number of carbonyl (C=O) groups is 1. The normalized spacial score (nSPS) is 15.5. The number of benzene rings is 2. The van der Waals surface area contributed by atoms with Gasteiger partial charge in [-0.15, -0.1) is 0 Å². The number of ether oxygens (including phenoxy) is 2. The van der Waals surface area contributed by atoms with E-state index in [1.54, 1.807) is 6.20 Å². The molecule has 2 heterocycles. The molecule has 0 aliphatic carbocycles. The van der Waals surface area contributed by atoms with Crippen molar-refractivity contribution in [1.29, 1.82) is 0 Å². The van der Waals surface area contributed by atoms with Gasteiger partial charge < -0.3 is 19.8 Å². The van der Waals surface area contributed by atoms with Crippen molar-refractivity contribution >= 4 is 5.91 Å². The van der Waals surface area contributed by atoms with Crippen LogP contribution in [0, 0.1) is 12.7 Å². The number of amides is 1. The fourth-order valence-corrected chi connectivity index (χ4v) is 4.19. The largest absolute Gasteiger partial charge is 0.489 e. The Morgan fingerprint density at radius 2 is 1.97 bits per heavy atom. The number of hydrogen-bond acceptors (Lipinski definition) is 4. The molecule has 4 rings (SSSR count). The first-order chi connectivity index (χ1) is 14.9. The highest BCUT2D eigenvalue weighted by Gasteiger charge is 2.36. The minimum Gasteiger partial charge on any atom is -0.489 e. The van der Waals surface area contributed by atoms with E-state index in [0.717, 1.165) is 22.6 Å². The first-order valence-corrected chi connectivity index (χ1v) is 10.3. The van der Waals surface area contributed by atoms with Gasteiger partial charge in [0, 0.05) is 49.2 Å². The van der Waals surface area contributed by atoms with E-state index in [9.17, 15) is 9.18 Å². The fourth-order valence-electron chi connectivity index (χ4n) is 4.19. The maximum absolute atomic E-state index is 14.4. The van der Waals surface area contributed by atoms with E-state index in [2.05, 4.69) is 4.98 Å². The number of aromatic nitrogens is 2. The number of imidazole rings is 1. The second-order valence-corrected chi connectivity index (χ2v) is 8.01. The van der Waals surface area contributed by atoms with Crippen molar-refractivity contribution in [1.82, 2.24) is 9.55 Å². The predicted octanol–water partition coefficient (Wildman–Crippen LogP) is 3.82. The fraction of sp³-hybridized carbons (Fsp3) is 0.333. The van der Waals surface area contributed by atoms with Crippen molar-refractivity contribution in [2.45, 2.75) is 38.2 Å². The van der Waals surface area contributed by atoms with Crippen LogP contribution in [0.5, 0.6) is 5.75 Å². The van der Waals surface area contributed by atoms with Crippen LogP contribution >= 0.6 is 0 Å². The van der Waals surface area contributed by atoms with Crippen LogP contribution < -0.4 is 10.5 Å². The lowest BCUT2D eigenvalue weighted by Crippen LogP contribution is -2.38. The first-order valence-electron chi connectivity index (χ1n) is 10.3. The van der Waals surface area contributed by atoms with Gasteiger partial charge in [0.15, 0.2) is 0 Å². The lowest BCUT2D eigenvalue weighted by atomic mass is 9.71. The van der Waals surface area contributed by atoms with Gasteiger partial charge in [-0.1, -0.05) is 12.1 Å². The SMILES string of the molecule is Cc1nccn1-c1ccc(COc2cc(F)cc(C3(CC(N)=O)CCOCC3)c2)cc1. The van der Waals surface area contributed by atoms with E-state index < -0.39 is 17.1 Å². The summed E-state index contributed by atoms with van der Waals surface area (Å²) in [6.07, 6.45) is 5.07. The standard InChI is InChI=1S/C24H26FN3O3/c1-17-27-8-9-28(17)21-4-2-18(3-5-21)16-31-22-13-19(12-20(25)14-22)24(15-23(26)29)6-10-30-11-7-24/h2-5,8-9,12-14H,6-7,10-11,15-16H2,1H3,(H2,26,29). The second kappa shape index (κ2) is 8.89. The molecule has 0 unspecified atom stereocenters. The maximum atomic E-state index is 14.4. The smallest absolute Gasteiger partial charge is 0.218 e. The average molecular weight is 423 g/mol. The molecule has 0 atom stereocenters. The van der Waals surface area contributed by atoms with Crippen LogP contribution in [0.3, 0.4) is 0 Å². The van der Waals surface area contributed by atoms with Crippen molar-refractivity contribution in [3.8, 4) is 11.4 Å². The summed E-state index contributed by atoms with van der Waals surface area (Å²) >= 11 is 0. The van der Waals surface area contributed by atoms with Gasteiger partial charge in [0.2, 0.25) is 5.91 Å². The van der Waals surface area contributed by atoms with E-state index in [1.165, 1.54) is 12.1 Å². The third kappa shape index (κ3) is 4.77. The minimum atomic E-state index is -0.519. The van der Waals surface area contributed by atoms with Crippen molar-refractivity contribution in [2.75, 3.05) is 13.2 Å². The Balaban J connectivity index is 1.51. The van der Waals surface area contributed by atoms with Crippen molar-refractivity contribution in [2.24, 2.45) is 5.73 Å². The summed E-state index contributed by atoms with van der Waals surface area (Å²) < 4.78 is 27.8. The Bertz CT molecular complexity index is 1060. The Hall–Kier alpha value is -3.19. The molecule has 2 aromatic carbocycles. The molecule has 3 aromatic rings. The highest BCUT2D eigenvalue weighted by Crippen LogP contribution is 2.39. The topological polar surface area (TPSA) is 79.4 Å². The van der Waals surface area contributed by atoms with Crippen molar-refractivity contribution in [3.63, 3.8) is 0 Å². The van der Waals surface area contributed by atoms with Gasteiger partial charge >= 0.3 is 0 Å². The molecule has 7 heteroatoms. The predicted molar refractivity (Wildman–Crippen MR) is 115 cm³/mol. The third-order valence-electron chi connectivity index (χ3n) is 5.89. The molecule has 6 nitrogen and oxygen atoms in total. The quantitative estimate of drug-likeness (QED) is 0.627. The van der Waals surface area contributed by atoms with Crippen LogP contribution in [0.25, 0.3) is 5.69 Å². The number of aryl methyl sites for hydroxylation is 1. The minimum absolute atomic E-state index is 0.161. The Kier molecular flexibility index (Phi) is 6.04. The zero-order valence-electron chi connectivity index (χ0n) is 17.5. The average Bonchev–Trinajstić information content (AvgIpc) is 3.18. The third-order valence-corrected chi connectivity index (χ3v) is 5.89. The molecule has 0 spiro atoms. The summed E-state index contributed by atoms with van der Waals surface area (Å²) in [6, 6.07) is 12.6. The monoisotopic (exact) mass is 423 g/mol. The zero-order valence-corrected chi connectivity index (χ0v) is 17.5. The second-order valence-electron chi connectivity index (χ2n) is 8.01. The number of halogens is 1. The summed E-state index contributed by atoms with van der Waals surface area (Å²) in [6.45, 7) is 3.28.